The lowest BCUT2D eigenvalue weighted by Crippen LogP contribution is -2.46. The minimum atomic E-state index is -0.371. The third kappa shape index (κ3) is 14.0. The van der Waals surface area contributed by atoms with Gasteiger partial charge in [0.1, 0.15) is 32.1 Å². The maximum Gasteiger partial charge on any atom is 0.272 e. The Morgan fingerprint density at radius 3 is 0.707 bits per heavy atom. The number of benzene rings is 3. The molecular formula is C57H60N12O6. The molecule has 0 amide bonds. The topological polar surface area (TPSA) is 283 Å². The number of aromatic nitrogens is 12. The number of hydrogen-bond donors (Lipinski definition) is 9. The summed E-state index contributed by atoms with van der Waals surface area (Å²) in [6, 6.07) is 28.0. The summed E-state index contributed by atoms with van der Waals surface area (Å²) in [6.45, 7) is 18.4. The maximum atomic E-state index is 12.4. The number of rotatable bonds is 6. The van der Waals surface area contributed by atoms with Crippen LogP contribution in [-0.4, -0.2) is 59.8 Å². The quantitative estimate of drug-likeness (QED) is 0.118. The molecule has 0 bridgehead atoms. The Bertz CT molecular complexity index is 3770. The van der Waals surface area contributed by atoms with E-state index >= 15 is 0 Å². The van der Waals surface area contributed by atoms with Crippen molar-refractivity contribution in [1.29, 1.82) is 0 Å². The van der Waals surface area contributed by atoms with E-state index in [0.29, 0.717) is 17.1 Å². The van der Waals surface area contributed by atoms with Gasteiger partial charge in [0, 0.05) is 33.3 Å². The number of nitrogens with zero attached hydrogens (tertiary/aromatic N) is 3. The Morgan fingerprint density at radius 2 is 0.507 bits per heavy atom. The highest BCUT2D eigenvalue weighted by atomic mass is 16.2. The molecule has 0 saturated heterocycles. The summed E-state index contributed by atoms with van der Waals surface area (Å²) in [6.07, 6.45) is 14.4. The first-order valence-corrected chi connectivity index (χ1v) is 24.0. The Labute approximate surface area is 428 Å². The zero-order valence-electron chi connectivity index (χ0n) is 43.1. The third-order valence-electron chi connectivity index (χ3n) is 11.4. The Morgan fingerprint density at radius 1 is 0.307 bits per heavy atom. The molecule has 0 aliphatic heterocycles. The number of H-pyrrole nitrogens is 9. The van der Waals surface area contributed by atoms with Crippen LogP contribution in [0.15, 0.2) is 139 Å². The predicted octanol–water partition coefficient (Wildman–Crippen LogP) is 2.22. The predicted molar refractivity (Wildman–Crippen MR) is 293 cm³/mol. The molecule has 9 N–H and O–H groups in total. The molecule has 9 rings (SSSR count). The second kappa shape index (κ2) is 22.5. The molecule has 18 heteroatoms. The molecule has 9 aromatic rings. The molecule has 6 aromatic heterocycles. The first-order valence-electron chi connectivity index (χ1n) is 24.0. The van der Waals surface area contributed by atoms with Gasteiger partial charge in [-0.1, -0.05) is 153 Å². The molecule has 0 saturated carbocycles. The van der Waals surface area contributed by atoms with Crippen molar-refractivity contribution in [2.75, 3.05) is 0 Å². The lowest BCUT2D eigenvalue weighted by atomic mass is 9.90. The summed E-state index contributed by atoms with van der Waals surface area (Å²) in [5.41, 5.74) is 4.44. The van der Waals surface area contributed by atoms with Gasteiger partial charge in [-0.25, -0.2) is 15.0 Å². The van der Waals surface area contributed by atoms with Gasteiger partial charge >= 0.3 is 0 Å². The van der Waals surface area contributed by atoms with E-state index in [0.717, 1.165) is 33.8 Å². The van der Waals surface area contributed by atoms with Gasteiger partial charge in [-0.3, -0.25) is 28.8 Å². The molecule has 0 fully saturated rings. The van der Waals surface area contributed by atoms with Crippen LogP contribution in [0.3, 0.4) is 0 Å². The van der Waals surface area contributed by atoms with Crippen LogP contribution in [0, 0.1) is 0 Å². The van der Waals surface area contributed by atoms with Crippen molar-refractivity contribution in [3.63, 3.8) is 0 Å². The Balaban J connectivity index is 0.000000164. The number of nitrogens with one attached hydrogen (secondary N) is 9. The summed E-state index contributed by atoms with van der Waals surface area (Å²) < 4.78 is 0. The van der Waals surface area contributed by atoms with Crippen LogP contribution in [0.5, 0.6) is 0 Å². The molecule has 18 nitrogen and oxygen atoms in total. The average Bonchev–Trinajstić information content (AvgIpc) is 4.15. The van der Waals surface area contributed by atoms with Gasteiger partial charge in [-0.2, -0.15) is 0 Å². The second-order valence-electron chi connectivity index (χ2n) is 20.5. The molecule has 384 valence electrons. The highest BCUT2D eigenvalue weighted by Gasteiger charge is 2.21. The van der Waals surface area contributed by atoms with Crippen LogP contribution < -0.4 is 65.5 Å². The summed E-state index contributed by atoms with van der Waals surface area (Å²) in [5.74, 6) is 0. The summed E-state index contributed by atoms with van der Waals surface area (Å²) in [7, 11) is 0. The highest BCUT2D eigenvalue weighted by molar-refractivity contribution is 5.52. The van der Waals surface area contributed by atoms with E-state index in [-0.39, 0.29) is 81.7 Å². The lowest BCUT2D eigenvalue weighted by Gasteiger charge is -2.16. The van der Waals surface area contributed by atoms with Crippen LogP contribution in [0.1, 0.15) is 113 Å². The van der Waals surface area contributed by atoms with Crippen LogP contribution in [-0.2, 0) is 16.2 Å². The zero-order valence-corrected chi connectivity index (χ0v) is 43.1. The van der Waals surface area contributed by atoms with Gasteiger partial charge in [0.25, 0.3) is 33.4 Å². The molecule has 0 aliphatic rings. The van der Waals surface area contributed by atoms with Crippen LogP contribution in [0.2, 0.25) is 0 Å². The van der Waals surface area contributed by atoms with Crippen molar-refractivity contribution in [2.45, 2.75) is 78.6 Å². The van der Waals surface area contributed by atoms with E-state index in [2.05, 4.69) is 59.8 Å². The third-order valence-corrected chi connectivity index (χ3v) is 11.4. The van der Waals surface area contributed by atoms with Crippen LogP contribution in [0.4, 0.5) is 0 Å². The van der Waals surface area contributed by atoms with Crippen molar-refractivity contribution in [3.05, 3.63) is 255 Å². The van der Waals surface area contributed by atoms with Crippen molar-refractivity contribution in [2.24, 2.45) is 0 Å². The summed E-state index contributed by atoms with van der Waals surface area (Å²) >= 11 is 0. The van der Waals surface area contributed by atoms with E-state index in [1.807, 2.05) is 153 Å². The molecule has 0 atom stereocenters. The largest absolute Gasteiger partial charge is 0.348 e. The monoisotopic (exact) mass is 1010 g/mol. The first-order chi connectivity index (χ1) is 35.5. The average molecular weight is 1010 g/mol. The van der Waals surface area contributed by atoms with Crippen LogP contribution in [0.25, 0.3) is 36.5 Å². The minimum absolute atomic E-state index is 0.156. The van der Waals surface area contributed by atoms with E-state index in [4.69, 9.17) is 0 Å². The van der Waals surface area contributed by atoms with Crippen molar-refractivity contribution in [3.8, 4) is 0 Å². The van der Waals surface area contributed by atoms with Gasteiger partial charge in [-0.05, 0) is 53.1 Å². The normalized spacial score (nSPS) is 13.4. The molecule has 0 unspecified atom stereocenters. The standard InChI is InChI=1S/3C19H20N4O2/c3*1-19(2,3)16-13(20-11-21-16)10-15-18(25)22-14(17(24)23-15)9-12-7-5-4-6-8-12/h3*4-11H,1-3H3,(H,20,21)(H,22,25)(H,23,24)/b3*14-9-,15-10-. The minimum Gasteiger partial charge on any atom is -0.348 e. The molecule has 0 radical (unpaired) electrons. The fraction of sp³-hybridized carbons (Fsp3) is 0.211. The smallest absolute Gasteiger partial charge is 0.272 e. The van der Waals surface area contributed by atoms with Gasteiger partial charge in [0.05, 0.1) is 36.1 Å². The Kier molecular flexibility index (Phi) is 16.0. The lowest BCUT2D eigenvalue weighted by molar-refractivity contribution is 0.571. The van der Waals surface area contributed by atoms with Gasteiger partial charge < -0.3 is 44.9 Å². The summed E-state index contributed by atoms with van der Waals surface area (Å²) in [5, 5.41) is 1.16. The highest BCUT2D eigenvalue weighted by Crippen LogP contribution is 2.24. The fourth-order valence-electron chi connectivity index (χ4n) is 7.69. The van der Waals surface area contributed by atoms with Crippen LogP contribution >= 0.6 is 0 Å². The molecule has 6 heterocycles. The fourth-order valence-corrected chi connectivity index (χ4v) is 7.69. The number of hydrogen-bond acceptors (Lipinski definition) is 9. The van der Waals surface area contributed by atoms with Gasteiger partial charge in [0.15, 0.2) is 0 Å². The maximum absolute atomic E-state index is 12.4. The van der Waals surface area contributed by atoms with Gasteiger partial charge in [0.2, 0.25) is 0 Å². The van der Waals surface area contributed by atoms with E-state index in [9.17, 15) is 28.8 Å². The molecule has 75 heavy (non-hydrogen) atoms. The Hall–Kier alpha value is -9.45. The SMILES string of the molecule is CC(C)(C)c1[nH]cnc1/C=c1\[nH]c(=O)/c(=C/c2ccccc2)[nH]c1=O.CC(C)(C)c1[nH]cnc1/C=c1\[nH]c(=O)/c(=C/c2ccccc2)[nH]c1=O.CC(C)(C)c1[nH]cnc1/C=c1\[nH]c(=O)/c(=C/c2ccccc2)[nH]c1=O. The van der Waals surface area contributed by atoms with Crippen molar-refractivity contribution in [1.82, 2.24) is 59.8 Å². The first kappa shape index (κ1) is 53.4. The molecule has 0 aliphatic carbocycles. The van der Waals surface area contributed by atoms with Crippen molar-refractivity contribution >= 4 is 36.5 Å². The van der Waals surface area contributed by atoms with Crippen molar-refractivity contribution < 1.29 is 0 Å². The van der Waals surface area contributed by atoms with E-state index < -0.39 is 0 Å². The number of aromatic amines is 9. The summed E-state index contributed by atoms with van der Waals surface area (Å²) in [4.78, 5) is 112. The van der Waals surface area contributed by atoms with E-state index in [1.165, 1.54) is 0 Å². The molecule has 0 spiro atoms. The second-order valence-corrected chi connectivity index (χ2v) is 20.5. The zero-order chi connectivity index (χ0) is 54.1. The number of imidazole rings is 3. The van der Waals surface area contributed by atoms with Gasteiger partial charge in [-0.15, -0.1) is 0 Å². The molecular weight excluding hydrogens is 949 g/mol. The van der Waals surface area contributed by atoms with E-state index in [1.54, 1.807) is 55.4 Å². The molecule has 3 aromatic carbocycles.